The molecule has 0 saturated carbocycles. The van der Waals surface area contributed by atoms with Gasteiger partial charge in [0.1, 0.15) is 18.1 Å². The number of benzene rings is 2. The van der Waals surface area contributed by atoms with Crippen molar-refractivity contribution in [3.63, 3.8) is 0 Å². The van der Waals surface area contributed by atoms with Crippen LogP contribution in [0.1, 0.15) is 50.8 Å². The minimum absolute atomic E-state index is 0.0546. The molecule has 1 atom stereocenters. The lowest BCUT2D eigenvalue weighted by Gasteiger charge is -2.32. The third-order valence-corrected chi connectivity index (χ3v) is 6.99. The maximum absolute atomic E-state index is 13.8. The molecule has 8 nitrogen and oxygen atoms in total. The number of hydrazone groups is 1. The summed E-state index contributed by atoms with van der Waals surface area (Å²) in [5, 5.41) is 6.20. The molecule has 0 radical (unpaired) electrons. The van der Waals surface area contributed by atoms with Crippen LogP contribution in [0.2, 0.25) is 0 Å². The van der Waals surface area contributed by atoms with Gasteiger partial charge in [-0.15, -0.1) is 0 Å². The van der Waals surface area contributed by atoms with Crippen molar-refractivity contribution in [3.05, 3.63) is 65.5 Å². The molecule has 0 spiro atoms. The molecule has 1 saturated heterocycles. The predicted molar refractivity (Wildman–Crippen MR) is 148 cm³/mol. The Morgan fingerprint density at radius 3 is 2.36 bits per heavy atom. The third-order valence-electron chi connectivity index (χ3n) is 6.99. The molecule has 39 heavy (non-hydrogen) atoms. The smallest absolute Gasteiger partial charge is 0.262 e. The minimum Gasteiger partial charge on any atom is -0.497 e. The van der Waals surface area contributed by atoms with E-state index in [1.165, 1.54) is 17.1 Å². The highest BCUT2D eigenvalue weighted by molar-refractivity contribution is 6.03. The van der Waals surface area contributed by atoms with Crippen LogP contribution >= 0.6 is 0 Å². The number of methoxy groups -OCH3 is 1. The van der Waals surface area contributed by atoms with E-state index in [-0.39, 0.29) is 29.6 Å². The van der Waals surface area contributed by atoms with Gasteiger partial charge in [-0.05, 0) is 52.9 Å². The van der Waals surface area contributed by atoms with E-state index in [1.54, 1.807) is 24.1 Å². The second-order valence-electron chi connectivity index (χ2n) is 11.3. The van der Waals surface area contributed by atoms with Crippen LogP contribution in [-0.2, 0) is 14.3 Å². The molecule has 1 unspecified atom stereocenters. The highest BCUT2D eigenvalue weighted by atomic mass is 19.1. The number of amides is 2. The number of rotatable bonds is 9. The SMILES string of the molecule is COc1ccc(C2=NN(C(=O)CN(CCN3CCOCC3)C(=O)CC(C)(C)C)C(c3ccc(F)cc3)C2)cc1. The predicted octanol–water partition coefficient (Wildman–Crippen LogP) is 4.11. The molecule has 0 aromatic heterocycles. The Bertz CT molecular complexity index is 1150. The molecule has 2 aliphatic heterocycles. The zero-order chi connectivity index (χ0) is 28.0. The van der Waals surface area contributed by atoms with Gasteiger partial charge in [0.15, 0.2) is 0 Å². The number of halogens is 1. The number of ether oxygens (including phenoxy) is 2. The van der Waals surface area contributed by atoms with Gasteiger partial charge in [-0.2, -0.15) is 5.10 Å². The maximum Gasteiger partial charge on any atom is 0.262 e. The van der Waals surface area contributed by atoms with Crippen LogP contribution in [0.25, 0.3) is 0 Å². The largest absolute Gasteiger partial charge is 0.497 e. The van der Waals surface area contributed by atoms with Gasteiger partial charge in [-0.25, -0.2) is 9.40 Å². The lowest BCUT2D eigenvalue weighted by atomic mass is 9.91. The van der Waals surface area contributed by atoms with Crippen molar-refractivity contribution < 1.29 is 23.5 Å². The van der Waals surface area contributed by atoms with E-state index in [4.69, 9.17) is 14.6 Å². The van der Waals surface area contributed by atoms with Gasteiger partial charge >= 0.3 is 0 Å². The summed E-state index contributed by atoms with van der Waals surface area (Å²) >= 11 is 0. The standard InChI is InChI=1S/C30H39FN4O4/c1-30(2,3)20-28(36)34(14-13-33-15-17-39-18-16-33)21-29(37)35-27(23-5-9-24(31)10-6-23)19-26(32-35)22-7-11-25(38-4)12-8-22/h5-12,27H,13-21H2,1-4H3. The molecule has 2 aliphatic rings. The molecule has 0 N–H and O–H groups in total. The molecular weight excluding hydrogens is 499 g/mol. The number of hydrogen-bond acceptors (Lipinski definition) is 6. The van der Waals surface area contributed by atoms with E-state index < -0.39 is 6.04 Å². The average Bonchev–Trinajstić information content (AvgIpc) is 3.36. The summed E-state index contributed by atoms with van der Waals surface area (Å²) in [7, 11) is 1.61. The normalized spacial score (nSPS) is 18.1. The lowest BCUT2D eigenvalue weighted by Crippen LogP contribution is -2.47. The second kappa shape index (κ2) is 12.7. The molecule has 2 heterocycles. The zero-order valence-electron chi connectivity index (χ0n) is 23.4. The first-order valence-corrected chi connectivity index (χ1v) is 13.5. The van der Waals surface area contributed by atoms with Crippen LogP contribution in [0.15, 0.2) is 53.6 Å². The summed E-state index contributed by atoms with van der Waals surface area (Å²) in [5.41, 5.74) is 2.21. The molecule has 4 rings (SSSR count). The van der Waals surface area contributed by atoms with Gasteiger partial charge in [0.05, 0.1) is 32.1 Å². The van der Waals surface area contributed by atoms with Crippen molar-refractivity contribution in [2.75, 3.05) is 53.0 Å². The first-order chi connectivity index (χ1) is 18.6. The number of carbonyl (C=O) groups is 2. The van der Waals surface area contributed by atoms with Crippen LogP contribution in [0.4, 0.5) is 4.39 Å². The lowest BCUT2D eigenvalue weighted by molar-refractivity contribution is -0.142. The average molecular weight is 539 g/mol. The fourth-order valence-electron chi connectivity index (χ4n) is 4.82. The van der Waals surface area contributed by atoms with Gasteiger partial charge in [-0.3, -0.25) is 14.5 Å². The zero-order valence-corrected chi connectivity index (χ0v) is 23.4. The molecule has 9 heteroatoms. The van der Waals surface area contributed by atoms with Gasteiger partial charge in [0.2, 0.25) is 5.91 Å². The molecule has 0 aliphatic carbocycles. The molecule has 2 aromatic carbocycles. The Hall–Kier alpha value is -3.30. The number of hydrogen-bond donors (Lipinski definition) is 0. The summed E-state index contributed by atoms with van der Waals surface area (Å²) in [6.07, 6.45) is 0.818. The second-order valence-corrected chi connectivity index (χ2v) is 11.3. The van der Waals surface area contributed by atoms with E-state index in [0.717, 1.165) is 35.7 Å². The van der Waals surface area contributed by atoms with Gasteiger partial charge in [0, 0.05) is 39.0 Å². The van der Waals surface area contributed by atoms with Gasteiger partial charge < -0.3 is 14.4 Å². The molecule has 210 valence electrons. The van der Waals surface area contributed by atoms with Crippen molar-refractivity contribution in [3.8, 4) is 5.75 Å². The summed E-state index contributed by atoms with van der Waals surface area (Å²) in [6, 6.07) is 13.3. The van der Waals surface area contributed by atoms with E-state index in [9.17, 15) is 14.0 Å². The molecule has 2 amide bonds. The van der Waals surface area contributed by atoms with Crippen LogP contribution in [-0.4, -0.2) is 85.4 Å². The molecular formula is C30H39FN4O4. The topological polar surface area (TPSA) is 74.7 Å². The van der Waals surface area contributed by atoms with Crippen LogP contribution in [0.5, 0.6) is 5.75 Å². The quantitative estimate of drug-likeness (QED) is 0.481. The monoisotopic (exact) mass is 538 g/mol. The molecule has 0 bridgehead atoms. The molecule has 2 aromatic rings. The van der Waals surface area contributed by atoms with Crippen LogP contribution in [0, 0.1) is 11.2 Å². The minimum atomic E-state index is -0.394. The van der Waals surface area contributed by atoms with E-state index in [0.29, 0.717) is 39.1 Å². The highest BCUT2D eigenvalue weighted by Crippen LogP contribution is 2.33. The first-order valence-electron chi connectivity index (χ1n) is 13.5. The maximum atomic E-state index is 13.8. The van der Waals surface area contributed by atoms with Crippen LogP contribution in [0.3, 0.4) is 0 Å². The van der Waals surface area contributed by atoms with E-state index in [1.807, 2.05) is 45.0 Å². The van der Waals surface area contributed by atoms with Crippen molar-refractivity contribution >= 4 is 17.5 Å². The third kappa shape index (κ3) is 7.86. The molecule has 1 fully saturated rings. The Balaban J connectivity index is 1.57. The number of nitrogens with zero attached hydrogens (tertiary/aromatic N) is 4. The van der Waals surface area contributed by atoms with Crippen LogP contribution < -0.4 is 4.74 Å². The Morgan fingerprint density at radius 2 is 1.74 bits per heavy atom. The number of carbonyl (C=O) groups excluding carboxylic acids is 2. The van der Waals surface area contributed by atoms with E-state index in [2.05, 4.69) is 4.90 Å². The first kappa shape index (κ1) is 28.7. The number of morpholine rings is 1. The summed E-state index contributed by atoms with van der Waals surface area (Å²) in [4.78, 5) is 31.1. The van der Waals surface area contributed by atoms with Gasteiger partial charge in [-0.1, -0.05) is 32.9 Å². The van der Waals surface area contributed by atoms with Gasteiger partial charge in [0.25, 0.3) is 5.91 Å². The summed E-state index contributed by atoms with van der Waals surface area (Å²) in [6.45, 7) is 10.1. The Kier molecular flexibility index (Phi) is 9.35. The Labute approximate surface area is 230 Å². The Morgan fingerprint density at radius 1 is 1.08 bits per heavy atom. The van der Waals surface area contributed by atoms with Crippen molar-refractivity contribution in [2.45, 2.75) is 39.7 Å². The highest BCUT2D eigenvalue weighted by Gasteiger charge is 2.35. The van der Waals surface area contributed by atoms with Crippen molar-refractivity contribution in [1.82, 2.24) is 14.8 Å². The van der Waals surface area contributed by atoms with Crippen molar-refractivity contribution in [2.24, 2.45) is 10.5 Å². The summed E-state index contributed by atoms with van der Waals surface area (Å²) in [5.74, 6) is 0.0692. The fourth-order valence-corrected chi connectivity index (χ4v) is 4.82. The fraction of sp³-hybridized carbons (Fsp3) is 0.500. The summed E-state index contributed by atoms with van der Waals surface area (Å²) < 4.78 is 24.4. The van der Waals surface area contributed by atoms with E-state index >= 15 is 0 Å². The van der Waals surface area contributed by atoms with Crippen molar-refractivity contribution in [1.29, 1.82) is 0 Å².